The maximum atomic E-state index is 13.8. The third-order valence-corrected chi connectivity index (χ3v) is 3.89. The number of hydrogen-bond acceptors (Lipinski definition) is 3. The first kappa shape index (κ1) is 25.0. The van der Waals surface area contributed by atoms with Crippen LogP contribution in [0.15, 0.2) is 64.6 Å². The Morgan fingerprint density at radius 2 is 1.13 bits per heavy atom. The minimum atomic E-state index is -0.778. The summed E-state index contributed by atoms with van der Waals surface area (Å²) in [7, 11) is 9.53. The Morgan fingerprint density at radius 3 is 1.48 bits per heavy atom. The van der Waals surface area contributed by atoms with E-state index < -0.39 is 23.3 Å². The van der Waals surface area contributed by atoms with E-state index in [0.29, 0.717) is 22.8 Å². The molecule has 1 aromatic heterocycles. The fourth-order valence-electron chi connectivity index (χ4n) is 2.46. The summed E-state index contributed by atoms with van der Waals surface area (Å²) in [6.07, 6.45) is 0. The van der Waals surface area contributed by atoms with Crippen molar-refractivity contribution in [1.29, 1.82) is 0 Å². The van der Waals surface area contributed by atoms with Crippen molar-refractivity contribution >= 4 is 43.0 Å². The fourth-order valence-corrected chi connectivity index (χ4v) is 2.46. The molecule has 0 aliphatic rings. The number of aliphatic imine (C=N–C) groups is 2. The molecule has 164 valence electrons. The van der Waals surface area contributed by atoms with E-state index >= 15 is 0 Å². The van der Waals surface area contributed by atoms with Gasteiger partial charge in [-0.05, 0) is 50.2 Å². The van der Waals surface area contributed by atoms with E-state index in [1.165, 1.54) is 12.1 Å². The summed E-state index contributed by atoms with van der Waals surface area (Å²) in [5, 5.41) is 0. The Labute approximate surface area is 191 Å². The van der Waals surface area contributed by atoms with Crippen LogP contribution in [0.5, 0.6) is 0 Å². The molecule has 0 fully saturated rings. The van der Waals surface area contributed by atoms with E-state index in [-0.39, 0.29) is 24.5 Å². The molecule has 0 radical (unpaired) electrons. The topological polar surface area (TPSA) is 37.6 Å². The zero-order valence-electron chi connectivity index (χ0n) is 16.2. The van der Waals surface area contributed by atoms with Crippen molar-refractivity contribution < 1.29 is 30.7 Å². The van der Waals surface area contributed by atoms with Crippen molar-refractivity contribution in [2.75, 3.05) is 0 Å². The van der Waals surface area contributed by atoms with Crippen LogP contribution in [-0.2, 0) is 13.1 Å². The maximum absolute atomic E-state index is 13.8. The molecule has 3 nitrogen and oxygen atoms in total. The molecule has 0 saturated carbocycles. The first-order valence-corrected chi connectivity index (χ1v) is 11.6. The summed E-state index contributed by atoms with van der Waals surface area (Å²) in [6.45, 7) is 3.28. The normalized spacial score (nSPS) is 11.9. The van der Waals surface area contributed by atoms with Gasteiger partial charge in [0.15, 0.2) is 11.6 Å². The van der Waals surface area contributed by atoms with Crippen molar-refractivity contribution in [2.24, 2.45) is 9.98 Å². The molecule has 1 heterocycles. The summed E-state index contributed by atoms with van der Waals surface area (Å²) >= 11 is 0.194. The molecule has 0 atom stereocenters. The van der Waals surface area contributed by atoms with Gasteiger partial charge in [0, 0.05) is 12.1 Å². The third-order valence-electron chi connectivity index (χ3n) is 3.89. The Bertz CT molecular complexity index is 1040. The van der Waals surface area contributed by atoms with Gasteiger partial charge in [-0.2, -0.15) is 0 Å². The Hall–Kier alpha value is -2.25. The van der Waals surface area contributed by atoms with Crippen LogP contribution in [0.1, 0.15) is 25.2 Å². The SMILES string of the molecule is CC(=Nc1ccc(F)cc1F)c1cccc(C(C)=Nc2ccc(F)cc2F)n1.[Cl][Fe][Cl]. The molecular weight excluding hydrogens is 497 g/mol. The average Bonchev–Trinajstić information content (AvgIpc) is 2.72. The quantitative estimate of drug-likeness (QED) is 0.206. The van der Waals surface area contributed by atoms with E-state index in [9.17, 15) is 17.6 Å². The number of halogens is 6. The van der Waals surface area contributed by atoms with Gasteiger partial charge in [0.2, 0.25) is 0 Å². The molecule has 0 spiro atoms. The van der Waals surface area contributed by atoms with Gasteiger partial charge in [-0.3, -0.25) is 0 Å². The standard InChI is InChI=1S/C21H15F4N3.2ClH.Fe/c1-12(26-20-8-6-14(22)10-16(20)24)18-4-3-5-19(28-18)13(2)27-21-9-7-15(23)11-17(21)25;;;/h3-11H,1-2H3;2*1H;/q;;;+2/p-2. The molecule has 10 heteroatoms. The van der Waals surface area contributed by atoms with Gasteiger partial charge in [-0.15, -0.1) is 0 Å². The van der Waals surface area contributed by atoms with Gasteiger partial charge in [0.05, 0.1) is 34.2 Å². The van der Waals surface area contributed by atoms with Crippen LogP contribution in [0, 0.1) is 23.3 Å². The predicted octanol–water partition coefficient (Wildman–Crippen LogP) is 7.30. The number of hydrogen-bond donors (Lipinski definition) is 0. The van der Waals surface area contributed by atoms with Crippen molar-refractivity contribution in [2.45, 2.75) is 13.8 Å². The molecule has 0 unspecified atom stereocenters. The van der Waals surface area contributed by atoms with Crippen molar-refractivity contribution in [3.8, 4) is 0 Å². The number of rotatable bonds is 4. The van der Waals surface area contributed by atoms with Gasteiger partial charge < -0.3 is 0 Å². The molecule has 0 N–H and O–H groups in total. The van der Waals surface area contributed by atoms with Gasteiger partial charge in [-0.1, -0.05) is 6.07 Å². The summed E-state index contributed by atoms with van der Waals surface area (Å²) in [6, 6.07) is 11.3. The summed E-state index contributed by atoms with van der Waals surface area (Å²) < 4.78 is 53.6. The second kappa shape index (κ2) is 12.0. The second-order valence-corrected chi connectivity index (χ2v) is 7.87. The summed E-state index contributed by atoms with van der Waals surface area (Å²) in [4.78, 5) is 12.7. The van der Waals surface area contributed by atoms with E-state index in [4.69, 9.17) is 20.2 Å². The molecule has 0 aliphatic carbocycles. The minimum absolute atomic E-state index is 0.00937. The molecular formula is C21H15Cl2F4FeN3. The van der Waals surface area contributed by atoms with Crippen LogP contribution in [0.3, 0.4) is 0 Å². The number of benzene rings is 2. The van der Waals surface area contributed by atoms with Crippen molar-refractivity contribution in [3.05, 3.63) is 89.3 Å². The van der Waals surface area contributed by atoms with Crippen molar-refractivity contribution in [3.63, 3.8) is 0 Å². The van der Waals surface area contributed by atoms with E-state index in [2.05, 4.69) is 15.0 Å². The number of aromatic nitrogens is 1. The number of pyridine rings is 1. The van der Waals surface area contributed by atoms with Gasteiger partial charge in [-0.25, -0.2) is 32.5 Å². The molecule has 0 amide bonds. The van der Waals surface area contributed by atoms with Crippen LogP contribution in [0.2, 0.25) is 0 Å². The van der Waals surface area contributed by atoms with E-state index in [1.807, 2.05) is 0 Å². The molecule has 0 aliphatic heterocycles. The van der Waals surface area contributed by atoms with Crippen LogP contribution < -0.4 is 0 Å². The van der Waals surface area contributed by atoms with Crippen LogP contribution in [0.25, 0.3) is 0 Å². The summed E-state index contributed by atoms with van der Waals surface area (Å²) in [5.74, 6) is -2.93. The Kier molecular flexibility index (Phi) is 9.65. The zero-order valence-corrected chi connectivity index (χ0v) is 18.8. The van der Waals surface area contributed by atoms with Gasteiger partial charge in [0.25, 0.3) is 0 Å². The van der Waals surface area contributed by atoms with Crippen LogP contribution >= 0.6 is 20.2 Å². The Morgan fingerprint density at radius 1 is 0.742 bits per heavy atom. The fraction of sp³-hybridized carbons (Fsp3) is 0.0952. The summed E-state index contributed by atoms with van der Waals surface area (Å²) in [5.41, 5.74) is 1.71. The predicted molar refractivity (Wildman–Crippen MR) is 112 cm³/mol. The van der Waals surface area contributed by atoms with E-state index in [1.54, 1.807) is 32.0 Å². The second-order valence-electron chi connectivity index (χ2n) is 6.04. The monoisotopic (exact) mass is 511 g/mol. The molecule has 31 heavy (non-hydrogen) atoms. The molecule has 0 bridgehead atoms. The van der Waals surface area contributed by atoms with Gasteiger partial charge >= 0.3 is 33.3 Å². The number of nitrogens with zero attached hydrogens (tertiary/aromatic N) is 3. The molecule has 0 saturated heterocycles. The first-order valence-electron chi connectivity index (χ1n) is 8.58. The Balaban J connectivity index is 0.00000107. The molecule has 3 aromatic rings. The van der Waals surface area contributed by atoms with Crippen LogP contribution in [-0.4, -0.2) is 16.4 Å². The first-order chi connectivity index (χ1) is 14.7. The molecule has 3 rings (SSSR count). The average molecular weight is 512 g/mol. The van der Waals surface area contributed by atoms with Crippen molar-refractivity contribution in [1.82, 2.24) is 4.98 Å². The zero-order chi connectivity index (χ0) is 23.0. The third kappa shape index (κ3) is 7.43. The van der Waals surface area contributed by atoms with Crippen LogP contribution in [0.4, 0.5) is 28.9 Å². The van der Waals surface area contributed by atoms with Gasteiger partial charge in [0.1, 0.15) is 11.6 Å². The molecule has 2 aromatic carbocycles. The van der Waals surface area contributed by atoms with E-state index in [0.717, 1.165) is 24.3 Å².